The summed E-state index contributed by atoms with van der Waals surface area (Å²) in [4.78, 5) is 32.9. The molecule has 0 spiro atoms. The van der Waals surface area contributed by atoms with Crippen LogP contribution in [0.4, 0.5) is 0 Å². The summed E-state index contributed by atoms with van der Waals surface area (Å²) in [5, 5.41) is 17.7. The van der Waals surface area contributed by atoms with Crippen molar-refractivity contribution in [3.63, 3.8) is 0 Å². The molecule has 89 valence electrons. The zero-order chi connectivity index (χ0) is 13.0. The molecule has 0 heterocycles. The molecule has 0 aliphatic carbocycles. The van der Waals surface area contributed by atoms with Crippen LogP contribution in [-0.2, 0) is 16.0 Å². The van der Waals surface area contributed by atoms with Crippen molar-refractivity contribution in [3.05, 3.63) is 34.9 Å². The van der Waals surface area contributed by atoms with E-state index in [-0.39, 0.29) is 11.1 Å². The number of carbonyl (C=O) groups is 2. The van der Waals surface area contributed by atoms with Gasteiger partial charge in [0, 0.05) is 11.1 Å². The molecular weight excluding hydrogens is 224 g/mol. The van der Waals surface area contributed by atoms with E-state index in [1.807, 2.05) is 0 Å². The maximum absolute atomic E-state index is 11.6. The number of carbonyl (C=O) groups excluding carboxylic acids is 2. The minimum absolute atomic E-state index is 0.0142. The second-order valence-electron chi connectivity index (χ2n) is 3.40. The van der Waals surface area contributed by atoms with Crippen molar-refractivity contribution in [1.29, 1.82) is 0 Å². The number of Topliss-reactive ketones (excluding diaryl/α,β-unsaturated/α-hetero) is 1. The molecule has 5 nitrogen and oxygen atoms in total. The van der Waals surface area contributed by atoms with Gasteiger partial charge in [-0.25, -0.2) is 4.79 Å². The normalized spacial score (nSPS) is 11.9. The number of hydrogen-bond donors (Lipinski definition) is 2. The summed E-state index contributed by atoms with van der Waals surface area (Å²) in [5.41, 5.74) is 0.484. The number of rotatable bonds is 5. The van der Waals surface area contributed by atoms with Gasteiger partial charge in [0.15, 0.2) is 0 Å². The molecule has 1 aromatic carbocycles. The van der Waals surface area contributed by atoms with Gasteiger partial charge < -0.3 is 10.2 Å². The van der Waals surface area contributed by atoms with Crippen LogP contribution >= 0.6 is 0 Å². The summed E-state index contributed by atoms with van der Waals surface area (Å²) >= 11 is 0. The highest BCUT2D eigenvalue weighted by Gasteiger charge is 2.26. The summed E-state index contributed by atoms with van der Waals surface area (Å²) in [6.07, 6.45) is -0.0344. The zero-order valence-electron chi connectivity index (χ0n) is 9.14. The van der Waals surface area contributed by atoms with E-state index in [1.165, 1.54) is 12.1 Å². The smallest absolute Gasteiger partial charge is 0.340 e. The molecule has 1 radical (unpaired) electrons. The van der Waals surface area contributed by atoms with Crippen LogP contribution in [0.25, 0.3) is 0 Å². The van der Waals surface area contributed by atoms with E-state index in [0.717, 1.165) is 0 Å². The largest absolute Gasteiger partial charge is 0.479 e. The van der Waals surface area contributed by atoms with Gasteiger partial charge in [0.1, 0.15) is 0 Å². The minimum atomic E-state index is -2.16. The van der Waals surface area contributed by atoms with Crippen molar-refractivity contribution in [3.8, 4) is 0 Å². The van der Waals surface area contributed by atoms with Gasteiger partial charge in [0.25, 0.3) is 0 Å². The van der Waals surface area contributed by atoms with Gasteiger partial charge in [0.2, 0.25) is 18.2 Å². The Morgan fingerprint density at radius 3 is 2.53 bits per heavy atom. The molecule has 0 amide bonds. The van der Waals surface area contributed by atoms with Crippen molar-refractivity contribution in [1.82, 2.24) is 0 Å². The second kappa shape index (κ2) is 5.36. The molecule has 0 fully saturated rings. The van der Waals surface area contributed by atoms with Crippen molar-refractivity contribution in [2.45, 2.75) is 19.4 Å². The Morgan fingerprint density at radius 2 is 2.06 bits per heavy atom. The van der Waals surface area contributed by atoms with Gasteiger partial charge >= 0.3 is 5.97 Å². The summed E-state index contributed by atoms with van der Waals surface area (Å²) in [5.74, 6) is -2.65. The molecule has 0 bridgehead atoms. The van der Waals surface area contributed by atoms with E-state index < -0.39 is 17.9 Å². The van der Waals surface area contributed by atoms with Crippen LogP contribution in [0.15, 0.2) is 18.2 Å². The second-order valence-corrected chi connectivity index (χ2v) is 3.40. The Bertz CT molecular complexity index is 464. The van der Waals surface area contributed by atoms with E-state index in [2.05, 4.69) is 0 Å². The Balaban J connectivity index is 3.27. The molecule has 5 heteroatoms. The average molecular weight is 235 g/mol. The third-order valence-corrected chi connectivity index (χ3v) is 2.38. The number of aliphatic hydroxyl groups is 1. The fourth-order valence-corrected chi connectivity index (χ4v) is 1.48. The van der Waals surface area contributed by atoms with Crippen LogP contribution in [0, 0.1) is 0 Å². The van der Waals surface area contributed by atoms with Gasteiger partial charge in [-0.2, -0.15) is 0 Å². The third-order valence-electron chi connectivity index (χ3n) is 2.38. The zero-order valence-corrected chi connectivity index (χ0v) is 9.14. The summed E-state index contributed by atoms with van der Waals surface area (Å²) in [6.45, 7) is 1.79. The van der Waals surface area contributed by atoms with Crippen LogP contribution in [0.1, 0.15) is 28.4 Å². The van der Waals surface area contributed by atoms with Crippen molar-refractivity contribution in [2.75, 3.05) is 0 Å². The first-order valence-corrected chi connectivity index (χ1v) is 4.98. The van der Waals surface area contributed by atoms with Crippen LogP contribution in [0.3, 0.4) is 0 Å². The Labute approximate surface area is 97.7 Å². The Morgan fingerprint density at radius 1 is 1.41 bits per heavy atom. The molecule has 0 aliphatic rings. The monoisotopic (exact) mass is 235 g/mol. The molecule has 0 saturated heterocycles. The van der Waals surface area contributed by atoms with E-state index in [1.54, 1.807) is 19.3 Å². The summed E-state index contributed by atoms with van der Waals surface area (Å²) in [7, 11) is 0. The van der Waals surface area contributed by atoms with Crippen LogP contribution in [0.2, 0.25) is 0 Å². The summed E-state index contributed by atoms with van der Waals surface area (Å²) in [6, 6.07) is 4.47. The SMILES string of the molecule is CCc1cccc(C(=O)C(O)C(=O)O)c1[C]=O. The molecule has 0 saturated carbocycles. The number of ketones is 1. The lowest BCUT2D eigenvalue weighted by molar-refractivity contribution is -0.143. The minimum Gasteiger partial charge on any atom is -0.479 e. The van der Waals surface area contributed by atoms with E-state index in [4.69, 9.17) is 10.2 Å². The van der Waals surface area contributed by atoms with Gasteiger partial charge in [-0.15, -0.1) is 0 Å². The van der Waals surface area contributed by atoms with Crippen LogP contribution in [0.5, 0.6) is 0 Å². The van der Waals surface area contributed by atoms with E-state index in [0.29, 0.717) is 12.0 Å². The highest BCUT2D eigenvalue weighted by molar-refractivity contribution is 6.13. The maximum atomic E-state index is 11.6. The average Bonchev–Trinajstić information content (AvgIpc) is 2.35. The molecule has 2 N–H and O–H groups in total. The number of aliphatic hydroxyl groups excluding tert-OH is 1. The predicted molar refractivity (Wildman–Crippen MR) is 58.6 cm³/mol. The Hall–Kier alpha value is -2.01. The topological polar surface area (TPSA) is 91.7 Å². The lowest BCUT2D eigenvalue weighted by Gasteiger charge is -2.09. The lowest BCUT2D eigenvalue weighted by Crippen LogP contribution is -2.30. The fourth-order valence-electron chi connectivity index (χ4n) is 1.48. The first-order chi connectivity index (χ1) is 8.02. The molecule has 1 rings (SSSR count). The van der Waals surface area contributed by atoms with Crippen molar-refractivity contribution < 1.29 is 24.6 Å². The molecule has 1 atom stereocenters. The van der Waals surface area contributed by atoms with E-state index in [9.17, 15) is 14.4 Å². The maximum Gasteiger partial charge on any atom is 0.340 e. The number of carboxylic acids is 1. The third kappa shape index (κ3) is 2.57. The number of hydrogen-bond acceptors (Lipinski definition) is 4. The molecule has 1 aromatic rings. The fraction of sp³-hybridized carbons (Fsp3) is 0.250. The Kier molecular flexibility index (Phi) is 4.12. The standard InChI is InChI=1S/C12H11O5/c1-2-7-4-3-5-8(9(7)6-13)10(14)11(15)12(16)17/h3-5,11,15H,2H2,1H3,(H,16,17). The highest BCUT2D eigenvalue weighted by atomic mass is 16.4. The van der Waals surface area contributed by atoms with Gasteiger partial charge in [-0.1, -0.05) is 25.1 Å². The molecular formula is C12H11O5. The number of benzene rings is 1. The van der Waals surface area contributed by atoms with Crippen molar-refractivity contribution in [2.24, 2.45) is 0 Å². The first kappa shape index (κ1) is 13.1. The van der Waals surface area contributed by atoms with Crippen LogP contribution in [-0.4, -0.2) is 34.4 Å². The lowest BCUT2D eigenvalue weighted by atomic mass is 9.95. The van der Waals surface area contributed by atoms with E-state index >= 15 is 0 Å². The van der Waals surface area contributed by atoms with Gasteiger partial charge in [-0.05, 0) is 12.0 Å². The summed E-state index contributed by atoms with van der Waals surface area (Å²) < 4.78 is 0. The first-order valence-electron chi connectivity index (χ1n) is 4.98. The van der Waals surface area contributed by atoms with Gasteiger partial charge in [-0.3, -0.25) is 9.59 Å². The van der Waals surface area contributed by atoms with Gasteiger partial charge in [0.05, 0.1) is 0 Å². The number of aliphatic carboxylic acids is 1. The molecule has 1 unspecified atom stereocenters. The highest BCUT2D eigenvalue weighted by Crippen LogP contribution is 2.15. The molecule has 0 aliphatic heterocycles. The van der Waals surface area contributed by atoms with Crippen molar-refractivity contribution >= 4 is 18.0 Å². The number of carboxylic acid groups (broad SMARTS) is 1. The quantitative estimate of drug-likeness (QED) is 0.567. The predicted octanol–water partition coefficient (Wildman–Crippen LogP) is 0.335. The molecule has 0 aromatic heterocycles. The molecule has 17 heavy (non-hydrogen) atoms. The number of aryl methyl sites for hydroxylation is 1. The van der Waals surface area contributed by atoms with Crippen LogP contribution < -0.4 is 0 Å².